The van der Waals surface area contributed by atoms with E-state index < -0.39 is 5.97 Å². The van der Waals surface area contributed by atoms with E-state index in [1.165, 1.54) is 19.3 Å². The van der Waals surface area contributed by atoms with E-state index in [4.69, 9.17) is 5.11 Å². The van der Waals surface area contributed by atoms with Crippen molar-refractivity contribution in [2.45, 2.75) is 26.2 Å². The molecule has 1 aromatic rings. The number of pyridine rings is 1. The van der Waals surface area contributed by atoms with E-state index in [9.17, 15) is 4.79 Å². The summed E-state index contributed by atoms with van der Waals surface area (Å²) in [5.41, 5.74) is 1.11. The molecule has 1 aromatic heterocycles. The molecule has 17 heavy (non-hydrogen) atoms. The lowest BCUT2D eigenvalue weighted by Gasteiger charge is -2.34. The van der Waals surface area contributed by atoms with Gasteiger partial charge in [0, 0.05) is 25.0 Å². The topological polar surface area (TPSA) is 53.4 Å². The molecule has 1 unspecified atom stereocenters. The molecule has 4 nitrogen and oxygen atoms in total. The summed E-state index contributed by atoms with van der Waals surface area (Å²) in [5.74, 6) is -0.235. The fourth-order valence-electron chi connectivity index (χ4n) is 2.37. The van der Waals surface area contributed by atoms with E-state index in [-0.39, 0.29) is 5.69 Å². The van der Waals surface area contributed by atoms with Gasteiger partial charge in [0.05, 0.1) is 0 Å². The number of hydrogen-bond acceptors (Lipinski definition) is 3. The van der Waals surface area contributed by atoms with Crippen LogP contribution >= 0.6 is 0 Å². The Morgan fingerprint density at radius 1 is 1.65 bits per heavy atom. The monoisotopic (exact) mass is 234 g/mol. The number of carbonyl (C=O) groups is 1. The van der Waals surface area contributed by atoms with E-state index in [1.807, 2.05) is 6.07 Å². The van der Waals surface area contributed by atoms with Crippen LogP contribution in [0.15, 0.2) is 18.3 Å². The Bertz CT molecular complexity index is 406. The SMILES string of the molecule is CCC1CCCN(c2ccnc(C(=O)O)c2)C1. The van der Waals surface area contributed by atoms with Crippen LogP contribution in [0.3, 0.4) is 0 Å². The fourth-order valence-corrected chi connectivity index (χ4v) is 2.37. The quantitative estimate of drug-likeness (QED) is 0.872. The second-order valence-corrected chi connectivity index (χ2v) is 4.57. The Kier molecular flexibility index (Phi) is 3.61. The van der Waals surface area contributed by atoms with Gasteiger partial charge in [-0.3, -0.25) is 0 Å². The van der Waals surface area contributed by atoms with Gasteiger partial charge >= 0.3 is 5.97 Å². The van der Waals surface area contributed by atoms with Crippen molar-refractivity contribution in [2.24, 2.45) is 5.92 Å². The standard InChI is InChI=1S/C13H18N2O2/c1-2-10-4-3-7-15(9-10)11-5-6-14-12(8-11)13(16)17/h5-6,8,10H,2-4,7,9H2,1H3,(H,16,17). The van der Waals surface area contributed by atoms with Gasteiger partial charge in [0.15, 0.2) is 0 Å². The van der Waals surface area contributed by atoms with Crippen LogP contribution in [0.25, 0.3) is 0 Å². The molecule has 1 N–H and O–H groups in total. The van der Waals surface area contributed by atoms with Gasteiger partial charge < -0.3 is 10.0 Å². The first-order valence-corrected chi connectivity index (χ1v) is 6.15. The minimum atomic E-state index is -0.962. The molecule has 1 aliphatic heterocycles. The molecule has 1 aliphatic rings. The van der Waals surface area contributed by atoms with Crippen molar-refractivity contribution >= 4 is 11.7 Å². The molecule has 2 heterocycles. The van der Waals surface area contributed by atoms with Crippen molar-refractivity contribution in [3.8, 4) is 0 Å². The molecule has 0 amide bonds. The fraction of sp³-hybridized carbons (Fsp3) is 0.538. The third-order valence-electron chi connectivity index (χ3n) is 3.42. The van der Waals surface area contributed by atoms with Crippen molar-refractivity contribution < 1.29 is 9.90 Å². The Labute approximate surface area is 101 Å². The molecule has 0 bridgehead atoms. The van der Waals surface area contributed by atoms with Gasteiger partial charge in [-0.1, -0.05) is 13.3 Å². The highest BCUT2D eigenvalue weighted by Gasteiger charge is 2.19. The first kappa shape index (κ1) is 11.9. The number of nitrogens with zero attached hydrogens (tertiary/aromatic N) is 2. The lowest BCUT2D eigenvalue weighted by Crippen LogP contribution is -2.35. The summed E-state index contributed by atoms with van der Waals surface area (Å²) in [6, 6.07) is 3.56. The maximum absolute atomic E-state index is 10.9. The Hall–Kier alpha value is -1.58. The highest BCUT2D eigenvalue weighted by atomic mass is 16.4. The molecule has 0 aromatic carbocycles. The van der Waals surface area contributed by atoms with Crippen LogP contribution < -0.4 is 4.90 Å². The summed E-state index contributed by atoms with van der Waals surface area (Å²) in [4.78, 5) is 17.0. The summed E-state index contributed by atoms with van der Waals surface area (Å²) >= 11 is 0. The van der Waals surface area contributed by atoms with Gasteiger partial charge in [0.2, 0.25) is 0 Å². The van der Waals surface area contributed by atoms with Crippen molar-refractivity contribution in [3.63, 3.8) is 0 Å². The highest BCUT2D eigenvalue weighted by molar-refractivity contribution is 5.86. The molecule has 0 radical (unpaired) electrons. The molecule has 4 heteroatoms. The van der Waals surface area contributed by atoms with Gasteiger partial charge in [-0.25, -0.2) is 9.78 Å². The predicted molar refractivity (Wildman–Crippen MR) is 66.4 cm³/mol. The van der Waals surface area contributed by atoms with Crippen molar-refractivity contribution in [1.82, 2.24) is 4.98 Å². The Morgan fingerprint density at radius 2 is 2.47 bits per heavy atom. The zero-order valence-corrected chi connectivity index (χ0v) is 10.1. The number of rotatable bonds is 3. The van der Waals surface area contributed by atoms with Crippen molar-refractivity contribution in [3.05, 3.63) is 24.0 Å². The maximum Gasteiger partial charge on any atom is 0.354 e. The zero-order valence-electron chi connectivity index (χ0n) is 10.1. The van der Waals surface area contributed by atoms with Gasteiger partial charge in [-0.2, -0.15) is 0 Å². The number of carboxylic acids is 1. The summed E-state index contributed by atoms with van der Waals surface area (Å²) in [5, 5.41) is 8.92. The molecule has 1 saturated heterocycles. The summed E-state index contributed by atoms with van der Waals surface area (Å²) in [6.07, 6.45) is 5.23. The number of aromatic nitrogens is 1. The van der Waals surface area contributed by atoms with Gasteiger partial charge in [-0.05, 0) is 30.9 Å². The van der Waals surface area contributed by atoms with Crippen LogP contribution in [0.4, 0.5) is 5.69 Å². The number of aromatic carboxylic acids is 1. The molecular weight excluding hydrogens is 216 g/mol. The summed E-state index contributed by atoms with van der Waals surface area (Å²) < 4.78 is 0. The molecule has 1 fully saturated rings. The molecule has 1 atom stereocenters. The summed E-state index contributed by atoms with van der Waals surface area (Å²) in [6.45, 7) is 4.25. The molecular formula is C13H18N2O2. The minimum absolute atomic E-state index is 0.126. The van der Waals surface area contributed by atoms with Crippen LogP contribution in [-0.2, 0) is 0 Å². The normalized spacial score (nSPS) is 20.3. The molecule has 0 spiro atoms. The first-order chi connectivity index (χ1) is 8.20. The van der Waals surface area contributed by atoms with E-state index in [2.05, 4.69) is 16.8 Å². The minimum Gasteiger partial charge on any atom is -0.477 e. The largest absolute Gasteiger partial charge is 0.477 e. The van der Waals surface area contributed by atoms with E-state index in [0.717, 1.165) is 24.7 Å². The van der Waals surface area contributed by atoms with E-state index in [0.29, 0.717) is 0 Å². The van der Waals surface area contributed by atoms with Crippen LogP contribution in [-0.4, -0.2) is 29.1 Å². The van der Waals surface area contributed by atoms with Crippen molar-refractivity contribution in [1.29, 1.82) is 0 Å². The third kappa shape index (κ3) is 2.75. The third-order valence-corrected chi connectivity index (χ3v) is 3.42. The maximum atomic E-state index is 10.9. The first-order valence-electron chi connectivity index (χ1n) is 6.15. The number of carboxylic acid groups (broad SMARTS) is 1. The highest BCUT2D eigenvalue weighted by Crippen LogP contribution is 2.24. The van der Waals surface area contributed by atoms with Crippen LogP contribution in [0.5, 0.6) is 0 Å². The lowest BCUT2D eigenvalue weighted by molar-refractivity contribution is 0.0690. The molecule has 2 rings (SSSR count). The van der Waals surface area contributed by atoms with Crippen molar-refractivity contribution in [2.75, 3.05) is 18.0 Å². The van der Waals surface area contributed by atoms with Gasteiger partial charge in [0.25, 0.3) is 0 Å². The lowest BCUT2D eigenvalue weighted by atomic mass is 9.95. The van der Waals surface area contributed by atoms with Crippen LogP contribution in [0.1, 0.15) is 36.7 Å². The Balaban J connectivity index is 2.16. The number of anilines is 1. The average Bonchev–Trinajstić information content (AvgIpc) is 2.39. The number of hydrogen-bond donors (Lipinski definition) is 1. The van der Waals surface area contributed by atoms with Gasteiger partial charge in [-0.15, -0.1) is 0 Å². The second kappa shape index (κ2) is 5.17. The molecule has 0 saturated carbocycles. The Morgan fingerprint density at radius 3 is 3.18 bits per heavy atom. The van der Waals surface area contributed by atoms with E-state index in [1.54, 1.807) is 12.3 Å². The van der Waals surface area contributed by atoms with Gasteiger partial charge in [0.1, 0.15) is 5.69 Å². The van der Waals surface area contributed by atoms with Crippen LogP contribution in [0.2, 0.25) is 0 Å². The van der Waals surface area contributed by atoms with E-state index >= 15 is 0 Å². The number of piperidine rings is 1. The zero-order chi connectivity index (χ0) is 12.3. The molecule has 0 aliphatic carbocycles. The second-order valence-electron chi connectivity index (χ2n) is 4.57. The average molecular weight is 234 g/mol. The summed E-state index contributed by atoms with van der Waals surface area (Å²) in [7, 11) is 0. The molecule has 92 valence electrons. The smallest absolute Gasteiger partial charge is 0.354 e. The van der Waals surface area contributed by atoms with Crippen LogP contribution in [0, 0.1) is 5.92 Å². The predicted octanol–water partition coefficient (Wildman–Crippen LogP) is 2.41.